The van der Waals surface area contributed by atoms with E-state index in [-0.39, 0.29) is 24.2 Å². The van der Waals surface area contributed by atoms with Gasteiger partial charge in [0.1, 0.15) is 5.75 Å². The number of carbonyl (C=O) groups excluding carboxylic acids is 2. The third-order valence-electron chi connectivity index (χ3n) is 5.97. The first kappa shape index (κ1) is 20.3. The van der Waals surface area contributed by atoms with Gasteiger partial charge in [0, 0.05) is 44.0 Å². The highest BCUT2D eigenvalue weighted by atomic mass is 16.5. The van der Waals surface area contributed by atoms with E-state index in [0.717, 1.165) is 30.1 Å². The van der Waals surface area contributed by atoms with Gasteiger partial charge in [0.2, 0.25) is 11.8 Å². The highest BCUT2D eigenvalue weighted by Gasteiger charge is 2.34. The summed E-state index contributed by atoms with van der Waals surface area (Å²) in [6.45, 7) is 3.15. The van der Waals surface area contributed by atoms with Crippen LogP contribution in [0.2, 0.25) is 0 Å². The van der Waals surface area contributed by atoms with Gasteiger partial charge in [0.25, 0.3) is 0 Å². The summed E-state index contributed by atoms with van der Waals surface area (Å²) in [4.78, 5) is 29.3. The second-order valence-corrected chi connectivity index (χ2v) is 8.11. The van der Waals surface area contributed by atoms with Gasteiger partial charge in [-0.3, -0.25) is 9.59 Å². The van der Waals surface area contributed by atoms with E-state index in [9.17, 15) is 9.59 Å². The molecule has 0 saturated carbocycles. The summed E-state index contributed by atoms with van der Waals surface area (Å²) in [5.41, 5.74) is 3.01. The SMILES string of the molecule is COc1ccc(CN2CC(C(=O)Nc3ccc(N4CCCCC4)cc3)CC2=O)cc1. The van der Waals surface area contributed by atoms with Crippen LogP contribution in [0.15, 0.2) is 48.5 Å². The van der Waals surface area contributed by atoms with E-state index >= 15 is 0 Å². The zero-order chi connectivity index (χ0) is 20.9. The largest absolute Gasteiger partial charge is 0.497 e. The number of ether oxygens (including phenoxy) is 1. The minimum atomic E-state index is -0.322. The van der Waals surface area contributed by atoms with E-state index in [1.807, 2.05) is 36.4 Å². The molecule has 0 spiro atoms. The van der Waals surface area contributed by atoms with Crippen molar-refractivity contribution in [2.75, 3.05) is 37.0 Å². The zero-order valence-electron chi connectivity index (χ0n) is 17.5. The number of nitrogens with one attached hydrogen (secondary N) is 1. The second-order valence-electron chi connectivity index (χ2n) is 8.11. The van der Waals surface area contributed by atoms with Gasteiger partial charge in [0.15, 0.2) is 0 Å². The summed E-state index contributed by atoms with van der Waals surface area (Å²) in [5, 5.41) is 2.98. The molecule has 1 unspecified atom stereocenters. The Balaban J connectivity index is 1.31. The quantitative estimate of drug-likeness (QED) is 0.794. The number of benzene rings is 2. The van der Waals surface area contributed by atoms with Crippen LogP contribution < -0.4 is 15.0 Å². The van der Waals surface area contributed by atoms with Gasteiger partial charge in [-0.2, -0.15) is 0 Å². The van der Waals surface area contributed by atoms with E-state index in [0.29, 0.717) is 13.1 Å². The fourth-order valence-corrected chi connectivity index (χ4v) is 4.20. The smallest absolute Gasteiger partial charge is 0.229 e. The molecule has 6 nitrogen and oxygen atoms in total. The number of piperidine rings is 1. The summed E-state index contributed by atoms with van der Waals surface area (Å²) in [6.07, 6.45) is 4.04. The van der Waals surface area contributed by atoms with Crippen molar-refractivity contribution in [2.45, 2.75) is 32.2 Å². The summed E-state index contributed by atoms with van der Waals surface area (Å²) >= 11 is 0. The summed E-state index contributed by atoms with van der Waals surface area (Å²) in [7, 11) is 1.63. The van der Waals surface area contributed by atoms with E-state index in [1.54, 1.807) is 12.0 Å². The number of methoxy groups -OCH3 is 1. The lowest BCUT2D eigenvalue weighted by molar-refractivity contribution is -0.128. The Morgan fingerprint density at radius 1 is 1.03 bits per heavy atom. The number of hydrogen-bond acceptors (Lipinski definition) is 4. The topological polar surface area (TPSA) is 61.9 Å². The fraction of sp³-hybridized carbons (Fsp3) is 0.417. The maximum Gasteiger partial charge on any atom is 0.229 e. The van der Waals surface area contributed by atoms with Crippen LogP contribution in [-0.4, -0.2) is 43.5 Å². The number of amides is 2. The standard InChI is InChI=1S/C24H29N3O3/c1-30-22-11-5-18(6-12-22)16-27-17-19(15-23(27)28)24(29)25-20-7-9-21(10-8-20)26-13-3-2-4-14-26/h5-12,19H,2-4,13-17H2,1H3,(H,25,29). The fourth-order valence-electron chi connectivity index (χ4n) is 4.20. The lowest BCUT2D eigenvalue weighted by Gasteiger charge is -2.28. The number of hydrogen-bond donors (Lipinski definition) is 1. The molecule has 0 aliphatic carbocycles. The van der Waals surface area contributed by atoms with E-state index < -0.39 is 0 Å². The molecular weight excluding hydrogens is 378 g/mol. The summed E-state index contributed by atoms with van der Waals surface area (Å²) in [5.74, 6) is 0.394. The highest BCUT2D eigenvalue weighted by Crippen LogP contribution is 2.25. The molecule has 30 heavy (non-hydrogen) atoms. The molecule has 1 N–H and O–H groups in total. The summed E-state index contributed by atoms with van der Waals surface area (Å²) < 4.78 is 5.17. The Morgan fingerprint density at radius 3 is 2.40 bits per heavy atom. The van der Waals surface area contributed by atoms with Crippen LogP contribution >= 0.6 is 0 Å². The molecule has 2 aliphatic rings. The third-order valence-corrected chi connectivity index (χ3v) is 5.97. The molecule has 2 amide bonds. The molecular formula is C24H29N3O3. The van der Waals surface area contributed by atoms with Crippen LogP contribution in [0.1, 0.15) is 31.2 Å². The Bertz CT molecular complexity index is 874. The number of nitrogens with zero attached hydrogens (tertiary/aromatic N) is 2. The van der Waals surface area contributed by atoms with Crippen molar-refractivity contribution < 1.29 is 14.3 Å². The van der Waals surface area contributed by atoms with Gasteiger partial charge >= 0.3 is 0 Å². The molecule has 0 aromatic heterocycles. The van der Waals surface area contributed by atoms with E-state index in [2.05, 4.69) is 22.3 Å². The lowest BCUT2D eigenvalue weighted by Crippen LogP contribution is -2.29. The van der Waals surface area contributed by atoms with E-state index in [1.165, 1.54) is 24.9 Å². The molecule has 2 fully saturated rings. The van der Waals surface area contributed by atoms with Crippen molar-refractivity contribution in [3.05, 3.63) is 54.1 Å². The van der Waals surface area contributed by atoms with Gasteiger partial charge in [-0.25, -0.2) is 0 Å². The molecule has 2 aromatic rings. The van der Waals surface area contributed by atoms with Crippen LogP contribution in [0.3, 0.4) is 0 Å². The highest BCUT2D eigenvalue weighted by molar-refractivity contribution is 5.97. The van der Waals surface area contributed by atoms with Crippen LogP contribution in [0.25, 0.3) is 0 Å². The second kappa shape index (κ2) is 9.20. The molecule has 2 aliphatic heterocycles. The number of likely N-dealkylation sites (tertiary alicyclic amines) is 1. The van der Waals surface area contributed by atoms with Gasteiger partial charge in [0.05, 0.1) is 13.0 Å². The number of anilines is 2. The maximum atomic E-state index is 12.7. The van der Waals surface area contributed by atoms with Crippen molar-refractivity contribution in [1.29, 1.82) is 0 Å². The minimum absolute atomic E-state index is 0.0198. The van der Waals surface area contributed by atoms with Crippen LogP contribution in [0.5, 0.6) is 5.75 Å². The Hall–Kier alpha value is -3.02. The molecule has 0 radical (unpaired) electrons. The minimum Gasteiger partial charge on any atom is -0.497 e. The number of carbonyl (C=O) groups is 2. The first-order valence-electron chi connectivity index (χ1n) is 10.7. The molecule has 2 heterocycles. The first-order valence-corrected chi connectivity index (χ1v) is 10.7. The van der Waals surface area contributed by atoms with Crippen LogP contribution in [0.4, 0.5) is 11.4 Å². The first-order chi connectivity index (χ1) is 14.6. The van der Waals surface area contributed by atoms with Crippen molar-refractivity contribution in [3.8, 4) is 5.75 Å². The van der Waals surface area contributed by atoms with Gasteiger partial charge in [-0.05, 0) is 61.2 Å². The van der Waals surface area contributed by atoms with Gasteiger partial charge in [-0.15, -0.1) is 0 Å². The normalized spacial score (nSPS) is 19.1. The van der Waals surface area contributed by atoms with E-state index in [4.69, 9.17) is 4.74 Å². The monoisotopic (exact) mass is 407 g/mol. The number of rotatable bonds is 6. The Morgan fingerprint density at radius 2 is 1.73 bits per heavy atom. The molecule has 2 aromatic carbocycles. The maximum absolute atomic E-state index is 12.7. The third kappa shape index (κ3) is 4.75. The lowest BCUT2D eigenvalue weighted by atomic mass is 10.1. The van der Waals surface area contributed by atoms with Crippen molar-refractivity contribution >= 4 is 23.2 Å². The summed E-state index contributed by atoms with van der Waals surface area (Å²) in [6, 6.07) is 15.7. The van der Waals surface area contributed by atoms with Crippen molar-refractivity contribution in [2.24, 2.45) is 5.92 Å². The molecule has 0 bridgehead atoms. The van der Waals surface area contributed by atoms with Crippen LogP contribution in [-0.2, 0) is 16.1 Å². The van der Waals surface area contributed by atoms with Crippen molar-refractivity contribution in [3.63, 3.8) is 0 Å². The predicted molar refractivity (Wildman–Crippen MR) is 118 cm³/mol. The predicted octanol–water partition coefficient (Wildman–Crippen LogP) is 3.67. The molecule has 158 valence electrons. The average Bonchev–Trinajstić information content (AvgIpc) is 3.16. The zero-order valence-corrected chi connectivity index (χ0v) is 17.5. The Labute approximate surface area is 177 Å². The van der Waals surface area contributed by atoms with Crippen LogP contribution in [0, 0.1) is 5.92 Å². The average molecular weight is 408 g/mol. The van der Waals surface area contributed by atoms with Crippen molar-refractivity contribution in [1.82, 2.24) is 4.90 Å². The molecule has 4 rings (SSSR count). The molecule has 6 heteroatoms. The van der Waals surface area contributed by atoms with Gasteiger partial charge < -0.3 is 19.9 Å². The molecule has 2 saturated heterocycles. The molecule has 1 atom stereocenters. The van der Waals surface area contributed by atoms with Gasteiger partial charge in [-0.1, -0.05) is 12.1 Å². The Kier molecular flexibility index (Phi) is 6.21.